The highest BCUT2D eigenvalue weighted by atomic mass is 16.4. The van der Waals surface area contributed by atoms with Gasteiger partial charge in [-0.2, -0.15) is 0 Å². The third-order valence-corrected chi connectivity index (χ3v) is 3.43. The lowest BCUT2D eigenvalue weighted by Crippen LogP contribution is -2.50. The lowest BCUT2D eigenvalue weighted by atomic mass is 9.98. The van der Waals surface area contributed by atoms with Crippen LogP contribution in [0.4, 0.5) is 0 Å². The van der Waals surface area contributed by atoms with Crippen LogP contribution in [-0.2, 0) is 4.79 Å². The van der Waals surface area contributed by atoms with Crippen LogP contribution < -0.4 is 0 Å². The Kier molecular flexibility index (Phi) is 4.78. The molecule has 1 aliphatic rings. The smallest absolute Gasteiger partial charge is 0.317 e. The second-order valence-electron chi connectivity index (χ2n) is 5.84. The van der Waals surface area contributed by atoms with Crippen molar-refractivity contribution in [3.05, 3.63) is 0 Å². The van der Waals surface area contributed by atoms with Gasteiger partial charge in [-0.25, -0.2) is 0 Å². The highest BCUT2D eigenvalue weighted by Crippen LogP contribution is 2.27. The topological polar surface area (TPSA) is 40.5 Å². The molecule has 0 radical (unpaired) electrons. The third kappa shape index (κ3) is 4.12. The first-order valence-electron chi connectivity index (χ1n) is 6.40. The maximum absolute atomic E-state index is 10.9. The van der Waals surface area contributed by atoms with Crippen molar-refractivity contribution in [2.45, 2.75) is 70.9 Å². The minimum atomic E-state index is -0.709. The van der Waals surface area contributed by atoms with E-state index in [1.165, 1.54) is 25.7 Å². The first-order chi connectivity index (χ1) is 7.41. The van der Waals surface area contributed by atoms with Crippen molar-refractivity contribution in [2.75, 3.05) is 6.54 Å². The first kappa shape index (κ1) is 13.5. The first-order valence-corrected chi connectivity index (χ1v) is 6.40. The molecule has 0 amide bonds. The largest absolute Gasteiger partial charge is 0.480 e. The predicted octanol–water partition coefficient (Wildman–Crippen LogP) is 2.89. The molecule has 1 aliphatic carbocycles. The van der Waals surface area contributed by atoms with E-state index >= 15 is 0 Å². The van der Waals surface area contributed by atoms with Crippen molar-refractivity contribution in [1.82, 2.24) is 4.90 Å². The average Bonchev–Trinajstić information content (AvgIpc) is 2.40. The van der Waals surface area contributed by atoms with Crippen molar-refractivity contribution < 1.29 is 9.90 Å². The van der Waals surface area contributed by atoms with Gasteiger partial charge in [0.1, 0.15) is 0 Å². The maximum Gasteiger partial charge on any atom is 0.317 e. The van der Waals surface area contributed by atoms with E-state index in [0.717, 1.165) is 12.8 Å². The van der Waals surface area contributed by atoms with Crippen LogP contribution in [-0.4, -0.2) is 34.1 Å². The lowest BCUT2D eigenvalue weighted by Gasteiger charge is -2.40. The van der Waals surface area contributed by atoms with Crippen molar-refractivity contribution in [2.24, 2.45) is 0 Å². The molecule has 1 N–H and O–H groups in total. The fourth-order valence-corrected chi connectivity index (χ4v) is 2.63. The molecule has 0 aromatic carbocycles. The van der Waals surface area contributed by atoms with Crippen LogP contribution in [0.2, 0.25) is 0 Å². The molecular formula is C13H25NO2. The molecule has 0 heterocycles. The summed E-state index contributed by atoms with van der Waals surface area (Å²) in [5.41, 5.74) is -0.0482. The Bertz CT molecular complexity index is 225. The zero-order valence-electron chi connectivity index (χ0n) is 10.8. The number of nitrogens with zero attached hydrogens (tertiary/aromatic N) is 1. The molecule has 3 nitrogen and oxygen atoms in total. The average molecular weight is 227 g/mol. The van der Waals surface area contributed by atoms with Crippen LogP contribution in [0.1, 0.15) is 59.3 Å². The van der Waals surface area contributed by atoms with Crippen LogP contribution in [0.15, 0.2) is 0 Å². The Hall–Kier alpha value is -0.570. The number of carbonyl (C=O) groups is 1. The third-order valence-electron chi connectivity index (χ3n) is 3.43. The fourth-order valence-electron chi connectivity index (χ4n) is 2.63. The van der Waals surface area contributed by atoms with E-state index in [1.54, 1.807) is 0 Å². The standard InChI is InChI=1S/C13H25NO2/c1-13(2,3)14(10-12(15)16)11-8-6-4-5-7-9-11/h11H,4-10H2,1-3H3,(H,15,16). The zero-order chi connectivity index (χ0) is 12.2. The van der Waals surface area contributed by atoms with E-state index in [1.807, 2.05) is 0 Å². The summed E-state index contributed by atoms with van der Waals surface area (Å²) in [6.07, 6.45) is 7.42. The quantitative estimate of drug-likeness (QED) is 0.754. The summed E-state index contributed by atoms with van der Waals surface area (Å²) in [7, 11) is 0. The van der Waals surface area contributed by atoms with Gasteiger partial charge in [-0.1, -0.05) is 25.7 Å². The zero-order valence-corrected chi connectivity index (χ0v) is 10.8. The molecule has 0 saturated heterocycles. The second-order valence-corrected chi connectivity index (χ2v) is 5.84. The Labute approximate surface area is 98.8 Å². The summed E-state index contributed by atoms with van der Waals surface area (Å²) in [6.45, 7) is 6.51. The summed E-state index contributed by atoms with van der Waals surface area (Å²) in [5.74, 6) is -0.709. The molecule has 0 bridgehead atoms. The van der Waals surface area contributed by atoms with E-state index in [4.69, 9.17) is 5.11 Å². The second kappa shape index (κ2) is 5.67. The molecule has 94 valence electrons. The molecule has 0 aliphatic heterocycles. The van der Waals surface area contributed by atoms with Gasteiger partial charge in [0.05, 0.1) is 6.54 Å². The summed E-state index contributed by atoms with van der Waals surface area (Å²) in [5, 5.41) is 9.01. The lowest BCUT2D eigenvalue weighted by molar-refractivity contribution is -0.140. The molecule has 1 fully saturated rings. The van der Waals surface area contributed by atoms with E-state index in [0.29, 0.717) is 6.04 Å². The van der Waals surface area contributed by atoms with Crippen LogP contribution in [0, 0.1) is 0 Å². The van der Waals surface area contributed by atoms with Crippen LogP contribution >= 0.6 is 0 Å². The Morgan fingerprint density at radius 1 is 1.19 bits per heavy atom. The van der Waals surface area contributed by atoms with E-state index in [9.17, 15) is 4.79 Å². The number of aliphatic carboxylic acids is 1. The minimum Gasteiger partial charge on any atom is -0.480 e. The van der Waals surface area contributed by atoms with Gasteiger partial charge in [-0.3, -0.25) is 9.69 Å². The van der Waals surface area contributed by atoms with Gasteiger partial charge >= 0.3 is 5.97 Å². The van der Waals surface area contributed by atoms with Crippen LogP contribution in [0.3, 0.4) is 0 Å². The molecule has 0 unspecified atom stereocenters. The van der Waals surface area contributed by atoms with Gasteiger partial charge < -0.3 is 5.11 Å². The maximum atomic E-state index is 10.9. The SMILES string of the molecule is CC(C)(C)N(CC(=O)O)C1CCCCCC1. The minimum absolute atomic E-state index is 0.0482. The molecule has 0 atom stereocenters. The number of carboxylic acid groups (broad SMARTS) is 1. The van der Waals surface area contributed by atoms with Crippen LogP contribution in [0.5, 0.6) is 0 Å². The van der Waals surface area contributed by atoms with Crippen molar-refractivity contribution in [3.8, 4) is 0 Å². The Balaban J connectivity index is 2.69. The molecule has 0 spiro atoms. The summed E-state index contributed by atoms with van der Waals surface area (Å²) in [6, 6.07) is 0.457. The van der Waals surface area contributed by atoms with E-state index in [2.05, 4.69) is 25.7 Å². The van der Waals surface area contributed by atoms with Gasteiger partial charge in [0.2, 0.25) is 0 Å². The van der Waals surface area contributed by atoms with E-state index < -0.39 is 5.97 Å². The van der Waals surface area contributed by atoms with Gasteiger partial charge in [0, 0.05) is 11.6 Å². The Morgan fingerprint density at radius 2 is 1.69 bits per heavy atom. The van der Waals surface area contributed by atoms with Gasteiger partial charge in [-0.05, 0) is 33.6 Å². The van der Waals surface area contributed by atoms with Crippen LogP contribution in [0.25, 0.3) is 0 Å². The summed E-state index contributed by atoms with van der Waals surface area (Å²) in [4.78, 5) is 13.1. The van der Waals surface area contributed by atoms with Gasteiger partial charge in [0.15, 0.2) is 0 Å². The fraction of sp³-hybridized carbons (Fsp3) is 0.923. The number of hydrogen-bond acceptors (Lipinski definition) is 2. The highest BCUT2D eigenvalue weighted by Gasteiger charge is 2.30. The van der Waals surface area contributed by atoms with Crippen molar-refractivity contribution in [1.29, 1.82) is 0 Å². The monoisotopic (exact) mass is 227 g/mol. The summed E-state index contributed by atoms with van der Waals surface area (Å²) >= 11 is 0. The molecule has 3 heteroatoms. The van der Waals surface area contributed by atoms with Crippen molar-refractivity contribution >= 4 is 5.97 Å². The molecule has 0 aromatic heterocycles. The molecule has 16 heavy (non-hydrogen) atoms. The van der Waals surface area contributed by atoms with Gasteiger partial charge in [-0.15, -0.1) is 0 Å². The number of rotatable bonds is 3. The number of hydrogen-bond donors (Lipinski definition) is 1. The molecule has 1 saturated carbocycles. The van der Waals surface area contributed by atoms with Gasteiger partial charge in [0.25, 0.3) is 0 Å². The molecular weight excluding hydrogens is 202 g/mol. The molecule has 0 aromatic rings. The van der Waals surface area contributed by atoms with E-state index in [-0.39, 0.29) is 12.1 Å². The Morgan fingerprint density at radius 3 is 2.06 bits per heavy atom. The predicted molar refractivity (Wildman–Crippen MR) is 65.6 cm³/mol. The summed E-state index contributed by atoms with van der Waals surface area (Å²) < 4.78 is 0. The normalized spacial score (nSPS) is 19.8. The number of carboxylic acids is 1. The van der Waals surface area contributed by atoms with Crippen molar-refractivity contribution in [3.63, 3.8) is 0 Å². The highest BCUT2D eigenvalue weighted by molar-refractivity contribution is 5.69. The molecule has 1 rings (SSSR count).